The third-order valence-electron chi connectivity index (χ3n) is 4.64. The van der Waals surface area contributed by atoms with Crippen LogP contribution < -0.4 is 5.56 Å². The van der Waals surface area contributed by atoms with Crippen LogP contribution in [0.1, 0.15) is 42.5 Å². The smallest absolute Gasteiger partial charge is 0.309 e. The average molecular weight is 318 g/mol. The maximum Gasteiger partial charge on any atom is 0.309 e. The summed E-state index contributed by atoms with van der Waals surface area (Å²) in [6.45, 7) is 2.09. The van der Waals surface area contributed by atoms with E-state index in [4.69, 9.17) is 4.74 Å². The molecule has 1 fully saturated rings. The molecule has 0 saturated heterocycles. The fraction of sp³-hybridized carbons (Fsp3) is 0.562. The predicted octanol–water partition coefficient (Wildman–Crippen LogP) is 2.56. The quantitative estimate of drug-likeness (QED) is 0.883. The van der Waals surface area contributed by atoms with Gasteiger partial charge in [-0.15, -0.1) is 11.3 Å². The highest BCUT2D eigenvalue weighted by molar-refractivity contribution is 7.18. The number of aromatic nitrogens is 2. The Hall–Kier alpha value is -1.69. The molecule has 2 atom stereocenters. The Bertz CT molecular complexity index is 808. The molecule has 5 nitrogen and oxygen atoms in total. The number of rotatable bonds is 3. The zero-order chi connectivity index (χ0) is 15.3. The molecule has 2 aromatic rings. The van der Waals surface area contributed by atoms with Gasteiger partial charge in [0.25, 0.3) is 5.56 Å². The molecule has 6 heteroatoms. The highest BCUT2D eigenvalue weighted by Crippen LogP contribution is 2.38. The van der Waals surface area contributed by atoms with Crippen LogP contribution in [0.4, 0.5) is 0 Å². The number of carbonyl (C=O) groups excluding carboxylic acids is 1. The number of carbonyl (C=O) groups is 1. The number of aromatic amines is 1. The second-order valence-electron chi connectivity index (χ2n) is 6.33. The molecular formula is C16H18N2O3S. The van der Waals surface area contributed by atoms with Gasteiger partial charge in [-0.1, -0.05) is 6.92 Å². The number of hydrogen-bond donors (Lipinski definition) is 1. The van der Waals surface area contributed by atoms with Crippen molar-refractivity contribution in [2.24, 2.45) is 11.8 Å². The topological polar surface area (TPSA) is 72.0 Å². The van der Waals surface area contributed by atoms with Crippen LogP contribution in [0.5, 0.6) is 0 Å². The maximum absolute atomic E-state index is 12.3. The molecule has 1 saturated carbocycles. The first-order valence-electron chi connectivity index (χ1n) is 7.83. The summed E-state index contributed by atoms with van der Waals surface area (Å²) >= 11 is 1.61. The third-order valence-corrected chi connectivity index (χ3v) is 5.82. The van der Waals surface area contributed by atoms with Crippen molar-refractivity contribution in [2.75, 3.05) is 0 Å². The average Bonchev–Trinajstić information content (AvgIpc) is 3.10. The molecule has 116 valence electrons. The van der Waals surface area contributed by atoms with Gasteiger partial charge in [-0.25, -0.2) is 4.98 Å². The molecule has 22 heavy (non-hydrogen) atoms. The van der Waals surface area contributed by atoms with Crippen LogP contribution in [0.25, 0.3) is 10.2 Å². The molecule has 2 aliphatic rings. The highest BCUT2D eigenvalue weighted by Gasteiger charge is 2.40. The lowest BCUT2D eigenvalue weighted by Crippen LogP contribution is -2.15. The molecule has 0 aromatic carbocycles. The zero-order valence-corrected chi connectivity index (χ0v) is 13.3. The number of aryl methyl sites for hydroxylation is 2. The van der Waals surface area contributed by atoms with Crippen LogP contribution >= 0.6 is 11.3 Å². The van der Waals surface area contributed by atoms with Gasteiger partial charge in [0, 0.05) is 4.88 Å². The van der Waals surface area contributed by atoms with Gasteiger partial charge >= 0.3 is 5.97 Å². The van der Waals surface area contributed by atoms with Crippen LogP contribution in [0.3, 0.4) is 0 Å². The molecule has 0 amide bonds. The summed E-state index contributed by atoms with van der Waals surface area (Å²) in [5.74, 6) is 0.717. The van der Waals surface area contributed by atoms with Crippen molar-refractivity contribution in [3.8, 4) is 0 Å². The fourth-order valence-corrected chi connectivity index (χ4v) is 4.45. The van der Waals surface area contributed by atoms with Crippen LogP contribution in [-0.2, 0) is 29.0 Å². The number of fused-ring (bicyclic) bond motifs is 3. The number of hydrogen-bond acceptors (Lipinski definition) is 5. The molecule has 0 aliphatic heterocycles. The number of ether oxygens (including phenoxy) is 1. The number of nitrogens with one attached hydrogen (secondary N) is 1. The molecule has 1 N–H and O–H groups in total. The van der Waals surface area contributed by atoms with Crippen LogP contribution in [0, 0.1) is 11.8 Å². The lowest BCUT2D eigenvalue weighted by Gasteiger charge is -2.09. The van der Waals surface area contributed by atoms with Gasteiger partial charge in [0.15, 0.2) is 0 Å². The highest BCUT2D eigenvalue weighted by atomic mass is 32.1. The summed E-state index contributed by atoms with van der Waals surface area (Å²) in [6.07, 6.45) is 5.23. The number of thiophene rings is 1. The monoisotopic (exact) mass is 318 g/mol. The van der Waals surface area contributed by atoms with Crippen molar-refractivity contribution in [3.05, 3.63) is 26.6 Å². The lowest BCUT2D eigenvalue weighted by atomic mass is 9.97. The van der Waals surface area contributed by atoms with Gasteiger partial charge in [-0.05, 0) is 43.6 Å². The van der Waals surface area contributed by atoms with Gasteiger partial charge < -0.3 is 9.72 Å². The zero-order valence-electron chi connectivity index (χ0n) is 12.5. The Labute approximate surface area is 131 Å². The molecule has 2 heterocycles. The molecular weight excluding hydrogens is 300 g/mol. The first kappa shape index (κ1) is 13.9. The summed E-state index contributed by atoms with van der Waals surface area (Å²) < 4.78 is 5.26. The minimum atomic E-state index is -0.180. The molecule has 0 bridgehead atoms. The van der Waals surface area contributed by atoms with Gasteiger partial charge in [-0.3, -0.25) is 9.59 Å². The van der Waals surface area contributed by atoms with Gasteiger partial charge in [-0.2, -0.15) is 0 Å². The van der Waals surface area contributed by atoms with E-state index in [2.05, 4.69) is 9.97 Å². The molecule has 2 aromatic heterocycles. The number of esters is 1. The Morgan fingerprint density at radius 3 is 2.95 bits per heavy atom. The van der Waals surface area contributed by atoms with Crippen LogP contribution in [0.2, 0.25) is 0 Å². The minimum Gasteiger partial charge on any atom is -0.457 e. The van der Waals surface area contributed by atoms with Crippen molar-refractivity contribution in [1.29, 1.82) is 0 Å². The van der Waals surface area contributed by atoms with Gasteiger partial charge in [0.05, 0.1) is 11.3 Å². The van der Waals surface area contributed by atoms with E-state index in [0.717, 1.165) is 35.9 Å². The van der Waals surface area contributed by atoms with Gasteiger partial charge in [0.1, 0.15) is 17.3 Å². The fourth-order valence-electron chi connectivity index (χ4n) is 3.17. The molecule has 4 rings (SSSR count). The van der Waals surface area contributed by atoms with E-state index in [-0.39, 0.29) is 24.1 Å². The largest absolute Gasteiger partial charge is 0.457 e. The predicted molar refractivity (Wildman–Crippen MR) is 83.9 cm³/mol. The summed E-state index contributed by atoms with van der Waals surface area (Å²) in [6, 6.07) is 0. The Morgan fingerprint density at radius 2 is 2.18 bits per heavy atom. The van der Waals surface area contributed by atoms with Crippen LogP contribution in [-0.4, -0.2) is 15.9 Å². The van der Waals surface area contributed by atoms with Crippen molar-refractivity contribution >= 4 is 27.5 Å². The number of nitrogens with zero attached hydrogens (tertiary/aromatic N) is 1. The first-order chi connectivity index (χ1) is 10.6. The van der Waals surface area contributed by atoms with E-state index in [1.54, 1.807) is 11.3 Å². The number of H-pyrrole nitrogens is 1. The molecule has 0 radical (unpaired) electrons. The van der Waals surface area contributed by atoms with E-state index in [0.29, 0.717) is 11.7 Å². The minimum absolute atomic E-state index is 0.0319. The normalized spacial score (nSPS) is 23.3. The molecule has 0 spiro atoms. The van der Waals surface area contributed by atoms with E-state index >= 15 is 0 Å². The molecule has 0 unspecified atom stereocenters. The van der Waals surface area contributed by atoms with Crippen LogP contribution in [0.15, 0.2) is 4.79 Å². The van der Waals surface area contributed by atoms with E-state index < -0.39 is 0 Å². The third kappa shape index (κ3) is 2.35. The summed E-state index contributed by atoms with van der Waals surface area (Å²) in [5.41, 5.74) is 1.07. The van der Waals surface area contributed by atoms with Crippen molar-refractivity contribution in [3.63, 3.8) is 0 Å². The van der Waals surface area contributed by atoms with Crippen molar-refractivity contribution < 1.29 is 9.53 Å². The molecule has 2 aliphatic carbocycles. The van der Waals surface area contributed by atoms with E-state index in [9.17, 15) is 9.59 Å². The van der Waals surface area contributed by atoms with Crippen molar-refractivity contribution in [2.45, 2.75) is 45.6 Å². The lowest BCUT2D eigenvalue weighted by molar-refractivity contribution is -0.147. The Balaban J connectivity index is 1.60. The Morgan fingerprint density at radius 1 is 1.41 bits per heavy atom. The van der Waals surface area contributed by atoms with E-state index in [1.165, 1.54) is 16.9 Å². The standard InChI is InChI=1S/C16H18N2O3S/c1-8-6-10(8)16(20)21-7-12-17-14(19)13-9-4-2-3-5-11(9)22-15(13)18-12/h8,10H,2-7H2,1H3,(H,17,18,19)/t8-,10+/m0/s1. The Kier molecular flexibility index (Phi) is 3.29. The summed E-state index contributed by atoms with van der Waals surface area (Å²) in [5, 5.41) is 0.741. The summed E-state index contributed by atoms with van der Waals surface area (Å²) in [7, 11) is 0. The van der Waals surface area contributed by atoms with Gasteiger partial charge in [0.2, 0.25) is 0 Å². The first-order valence-corrected chi connectivity index (χ1v) is 8.65. The summed E-state index contributed by atoms with van der Waals surface area (Å²) in [4.78, 5) is 33.4. The van der Waals surface area contributed by atoms with Crippen molar-refractivity contribution in [1.82, 2.24) is 9.97 Å². The SMILES string of the molecule is C[C@H]1C[C@H]1C(=O)OCc1nc2sc3c(c2c(=O)[nH]1)CCCC3. The van der Waals surface area contributed by atoms with E-state index in [1.807, 2.05) is 6.92 Å². The maximum atomic E-state index is 12.3. The second kappa shape index (κ2) is 5.19. The second-order valence-corrected chi connectivity index (χ2v) is 7.41.